The second-order valence-electron chi connectivity index (χ2n) is 5.78. The van der Waals surface area contributed by atoms with Crippen LogP contribution in [-0.4, -0.2) is 12.2 Å². The maximum atomic E-state index is 8.24. The van der Waals surface area contributed by atoms with E-state index in [0.717, 1.165) is 0 Å². The first-order valence-corrected chi connectivity index (χ1v) is 9.27. The van der Waals surface area contributed by atoms with Crippen molar-refractivity contribution >= 4 is 12.2 Å². The number of unbranched alkanes of at least 4 members (excludes halogenated alkanes) is 14. The Morgan fingerprint density at radius 3 is 0.739 bits per heavy atom. The summed E-state index contributed by atoms with van der Waals surface area (Å²) in [7, 11) is 0. The summed E-state index contributed by atoms with van der Waals surface area (Å²) in [6.45, 7) is 4.58. The molecule has 0 radical (unpaired) electrons. The van der Waals surface area contributed by atoms with Crippen LogP contribution in [-0.2, 0) is 9.59 Å². The normalized spacial score (nSPS) is 8.78. The third-order valence-electron chi connectivity index (χ3n) is 3.71. The molecular formula is C19H36N2O2-2. The molecule has 0 atom stereocenters. The van der Waals surface area contributed by atoms with Crippen LogP contribution in [0.25, 0.3) is 10.8 Å². The van der Waals surface area contributed by atoms with E-state index < -0.39 is 0 Å². The standard InChI is InChI=1S/C17H36.2CNO/c1-3-5-7-9-11-13-15-17-16-14-12-10-8-6-4-2;2*2-1-3/h3-17H2,1-2H3;;/q;2*-1. The highest BCUT2D eigenvalue weighted by atomic mass is 16.1. The van der Waals surface area contributed by atoms with E-state index >= 15 is 0 Å². The number of rotatable bonds is 14. The van der Waals surface area contributed by atoms with Crippen LogP contribution in [0.1, 0.15) is 110 Å². The van der Waals surface area contributed by atoms with Crippen LogP contribution in [0.5, 0.6) is 0 Å². The predicted octanol–water partition coefficient (Wildman–Crippen LogP) is 6.66. The Morgan fingerprint density at radius 2 is 0.609 bits per heavy atom. The van der Waals surface area contributed by atoms with E-state index in [1.54, 1.807) is 0 Å². The fourth-order valence-electron chi connectivity index (χ4n) is 2.44. The fourth-order valence-corrected chi connectivity index (χ4v) is 2.44. The van der Waals surface area contributed by atoms with Gasteiger partial charge in [-0.25, -0.2) is 0 Å². The van der Waals surface area contributed by atoms with Gasteiger partial charge >= 0.3 is 0 Å². The maximum absolute atomic E-state index is 8.24. The average Bonchev–Trinajstić information content (AvgIpc) is 2.53. The van der Waals surface area contributed by atoms with Crippen LogP contribution < -0.4 is 0 Å². The molecule has 0 aliphatic rings. The molecular weight excluding hydrogens is 288 g/mol. The van der Waals surface area contributed by atoms with E-state index in [4.69, 9.17) is 20.4 Å². The van der Waals surface area contributed by atoms with Crippen LogP contribution in [0.3, 0.4) is 0 Å². The van der Waals surface area contributed by atoms with Crippen molar-refractivity contribution in [1.82, 2.24) is 0 Å². The lowest BCUT2D eigenvalue weighted by atomic mass is 10.0. The first-order valence-electron chi connectivity index (χ1n) is 9.27. The number of carbonyl (C=O) groups excluding carboxylic acids is 2. The minimum Gasteiger partial charge on any atom is -0.724 e. The zero-order valence-corrected chi connectivity index (χ0v) is 15.3. The molecule has 136 valence electrons. The van der Waals surface area contributed by atoms with Crippen LogP contribution >= 0.6 is 0 Å². The average molecular weight is 325 g/mol. The summed E-state index contributed by atoms with van der Waals surface area (Å²) >= 11 is 0. The Bertz CT molecular complexity index is 230. The summed E-state index contributed by atoms with van der Waals surface area (Å²) in [6, 6.07) is 0. The van der Waals surface area contributed by atoms with E-state index in [0.29, 0.717) is 12.2 Å². The molecule has 0 aromatic heterocycles. The first-order chi connectivity index (χ1) is 11.2. The molecule has 0 aliphatic carbocycles. The maximum Gasteiger partial charge on any atom is -0.0159 e. The second-order valence-corrected chi connectivity index (χ2v) is 5.78. The Hall–Kier alpha value is -1.24. The van der Waals surface area contributed by atoms with Gasteiger partial charge in [0, 0.05) is 0 Å². The molecule has 0 heterocycles. The van der Waals surface area contributed by atoms with E-state index in [9.17, 15) is 0 Å². The van der Waals surface area contributed by atoms with Crippen molar-refractivity contribution in [2.45, 2.75) is 110 Å². The van der Waals surface area contributed by atoms with Gasteiger partial charge in [-0.2, -0.15) is 0 Å². The zero-order valence-electron chi connectivity index (χ0n) is 15.3. The van der Waals surface area contributed by atoms with Gasteiger partial charge in [-0.3, -0.25) is 9.59 Å². The topological polar surface area (TPSA) is 78.7 Å². The van der Waals surface area contributed by atoms with Crippen molar-refractivity contribution in [3.63, 3.8) is 0 Å². The highest BCUT2D eigenvalue weighted by Crippen LogP contribution is 2.13. The van der Waals surface area contributed by atoms with E-state index in [-0.39, 0.29) is 0 Å². The molecule has 0 fully saturated rings. The molecule has 0 rings (SSSR count). The van der Waals surface area contributed by atoms with E-state index in [1.807, 2.05) is 0 Å². The molecule has 0 aromatic carbocycles. The molecule has 0 saturated carbocycles. The lowest BCUT2D eigenvalue weighted by Gasteiger charge is -2.02. The molecule has 4 nitrogen and oxygen atoms in total. The summed E-state index contributed by atoms with van der Waals surface area (Å²) < 4.78 is 0. The van der Waals surface area contributed by atoms with Gasteiger partial charge in [0.2, 0.25) is 0 Å². The van der Waals surface area contributed by atoms with Crippen LogP contribution in [0.15, 0.2) is 0 Å². The summed E-state index contributed by atoms with van der Waals surface area (Å²) in [5.74, 6) is 0. The Labute approximate surface area is 143 Å². The van der Waals surface area contributed by atoms with Gasteiger partial charge in [0.15, 0.2) is 0 Å². The number of hydrogen-bond acceptors (Lipinski definition) is 2. The lowest BCUT2D eigenvalue weighted by molar-refractivity contribution is 0.534. The third-order valence-corrected chi connectivity index (χ3v) is 3.71. The first kappa shape index (κ1) is 26.6. The molecule has 23 heavy (non-hydrogen) atoms. The largest absolute Gasteiger partial charge is 0.724 e. The molecule has 0 spiro atoms. The van der Waals surface area contributed by atoms with Gasteiger partial charge in [0.25, 0.3) is 0 Å². The van der Waals surface area contributed by atoms with Crippen molar-refractivity contribution in [3.05, 3.63) is 10.8 Å². The molecule has 0 unspecified atom stereocenters. The van der Waals surface area contributed by atoms with Crippen LogP contribution in [0.4, 0.5) is 0 Å². The van der Waals surface area contributed by atoms with Gasteiger partial charge in [0.05, 0.1) is 0 Å². The third kappa shape index (κ3) is 44.9. The Balaban J connectivity index is -0.000000573. The summed E-state index contributed by atoms with van der Waals surface area (Å²) in [5, 5.41) is 13.5. The summed E-state index contributed by atoms with van der Waals surface area (Å²) in [5.41, 5.74) is 0. The molecule has 0 aliphatic heterocycles. The van der Waals surface area contributed by atoms with Gasteiger partial charge < -0.3 is 10.8 Å². The van der Waals surface area contributed by atoms with Crippen molar-refractivity contribution in [3.8, 4) is 0 Å². The molecule has 0 N–H and O–H groups in total. The molecule has 4 heteroatoms. The molecule has 0 saturated heterocycles. The zero-order chi connectivity index (χ0) is 18.0. The highest BCUT2D eigenvalue weighted by Gasteiger charge is 1.93. The van der Waals surface area contributed by atoms with Gasteiger partial charge in [0.1, 0.15) is 0 Å². The van der Waals surface area contributed by atoms with Crippen LogP contribution in [0, 0.1) is 0 Å². The van der Waals surface area contributed by atoms with Crippen molar-refractivity contribution in [2.24, 2.45) is 0 Å². The Kier molecular flexibility index (Phi) is 37.8. The second kappa shape index (κ2) is 32.6. The van der Waals surface area contributed by atoms with E-state index in [1.165, 1.54) is 96.3 Å². The fraction of sp³-hybridized carbons (Fsp3) is 0.895. The molecule has 0 aromatic rings. The van der Waals surface area contributed by atoms with Gasteiger partial charge in [-0.05, 0) is 12.2 Å². The monoisotopic (exact) mass is 324 g/mol. The predicted molar refractivity (Wildman–Crippen MR) is 98.7 cm³/mol. The summed E-state index contributed by atoms with van der Waals surface area (Å²) in [4.78, 5) is 16.5. The van der Waals surface area contributed by atoms with E-state index in [2.05, 4.69) is 13.8 Å². The van der Waals surface area contributed by atoms with Gasteiger partial charge in [-0.15, -0.1) is 0 Å². The summed E-state index contributed by atoms with van der Waals surface area (Å²) in [6.07, 6.45) is 22.9. The lowest BCUT2D eigenvalue weighted by Crippen LogP contribution is -1.82. The number of isocyanates is 2. The van der Waals surface area contributed by atoms with Crippen molar-refractivity contribution in [1.29, 1.82) is 0 Å². The minimum atomic E-state index is 0.500. The highest BCUT2D eigenvalue weighted by molar-refractivity contribution is 5.37. The smallest absolute Gasteiger partial charge is 0.0159 e. The SMILES string of the molecule is CCCCCCCCCCCCCCCCC.[N-]=C=O.[N-]=C=O. The molecule has 0 bridgehead atoms. The van der Waals surface area contributed by atoms with Crippen molar-refractivity contribution in [2.75, 3.05) is 0 Å². The quantitative estimate of drug-likeness (QED) is 0.203. The number of nitrogens with zero attached hydrogens (tertiary/aromatic N) is 2. The Morgan fingerprint density at radius 1 is 0.478 bits per heavy atom. The molecule has 0 amide bonds. The van der Waals surface area contributed by atoms with Gasteiger partial charge in [-0.1, -0.05) is 110 Å². The van der Waals surface area contributed by atoms with Crippen LogP contribution in [0.2, 0.25) is 0 Å². The van der Waals surface area contributed by atoms with Crippen molar-refractivity contribution < 1.29 is 9.59 Å². The number of hydrogen-bond donors (Lipinski definition) is 0. The minimum absolute atomic E-state index is 0.500.